The Labute approximate surface area is 172 Å². The molecule has 0 spiro atoms. The standard InChI is InChI=1S/C21H20N4O3S/c1-12-7-8-14(20-23-13(2)24-29-20)9-17(12)22-10-19(26)25-11-16(21(27)28)15-5-3-4-6-18(15)25/h3-9,16,22H,10-11H2,1-2H3,(H,27,28). The summed E-state index contributed by atoms with van der Waals surface area (Å²) < 4.78 is 4.22. The Morgan fingerprint density at radius 2 is 2.03 bits per heavy atom. The summed E-state index contributed by atoms with van der Waals surface area (Å²) in [5.41, 5.74) is 4.13. The molecule has 2 aromatic carbocycles. The number of carbonyl (C=O) groups is 2. The number of rotatable bonds is 5. The van der Waals surface area contributed by atoms with Crippen LogP contribution in [0.5, 0.6) is 0 Å². The van der Waals surface area contributed by atoms with Crippen molar-refractivity contribution in [1.82, 2.24) is 9.36 Å². The molecule has 0 bridgehead atoms. The maximum absolute atomic E-state index is 12.9. The van der Waals surface area contributed by atoms with Gasteiger partial charge < -0.3 is 15.3 Å². The number of fused-ring (bicyclic) bond motifs is 1. The SMILES string of the molecule is Cc1nsc(-c2ccc(C)c(NCC(=O)N3CC(C(=O)O)c4ccccc43)c2)n1. The van der Waals surface area contributed by atoms with E-state index in [1.165, 1.54) is 11.5 Å². The van der Waals surface area contributed by atoms with E-state index in [0.717, 1.165) is 27.6 Å². The number of nitrogens with one attached hydrogen (secondary N) is 1. The molecule has 0 aliphatic carbocycles. The van der Waals surface area contributed by atoms with Gasteiger partial charge in [0.1, 0.15) is 16.7 Å². The minimum Gasteiger partial charge on any atom is -0.481 e. The maximum Gasteiger partial charge on any atom is 0.312 e. The molecule has 1 amide bonds. The van der Waals surface area contributed by atoms with Gasteiger partial charge in [0.05, 0.1) is 6.54 Å². The second-order valence-electron chi connectivity index (χ2n) is 6.98. The molecule has 2 N–H and O–H groups in total. The Morgan fingerprint density at radius 1 is 1.24 bits per heavy atom. The van der Waals surface area contributed by atoms with Crippen molar-refractivity contribution in [2.75, 3.05) is 23.3 Å². The highest BCUT2D eigenvalue weighted by atomic mass is 32.1. The van der Waals surface area contributed by atoms with Crippen molar-refractivity contribution in [3.05, 3.63) is 59.4 Å². The second kappa shape index (κ2) is 7.63. The summed E-state index contributed by atoms with van der Waals surface area (Å²) in [6, 6.07) is 13.1. The zero-order chi connectivity index (χ0) is 20.5. The van der Waals surface area contributed by atoms with Crippen molar-refractivity contribution < 1.29 is 14.7 Å². The highest BCUT2D eigenvalue weighted by molar-refractivity contribution is 7.09. The average molecular weight is 408 g/mol. The molecule has 2 heterocycles. The molecule has 1 aliphatic heterocycles. The molecule has 4 rings (SSSR count). The van der Waals surface area contributed by atoms with E-state index in [2.05, 4.69) is 14.7 Å². The van der Waals surface area contributed by atoms with Gasteiger partial charge in [0.2, 0.25) is 5.91 Å². The van der Waals surface area contributed by atoms with E-state index < -0.39 is 11.9 Å². The van der Waals surface area contributed by atoms with Crippen LogP contribution in [0.1, 0.15) is 22.9 Å². The van der Waals surface area contributed by atoms with Gasteiger partial charge in [-0.25, -0.2) is 4.98 Å². The molecule has 7 nitrogen and oxygen atoms in total. The van der Waals surface area contributed by atoms with Crippen LogP contribution >= 0.6 is 11.5 Å². The van der Waals surface area contributed by atoms with Gasteiger partial charge in [0.15, 0.2) is 0 Å². The van der Waals surface area contributed by atoms with Crippen LogP contribution in [0.2, 0.25) is 0 Å². The Morgan fingerprint density at radius 3 is 2.76 bits per heavy atom. The first-order chi connectivity index (χ1) is 13.9. The van der Waals surface area contributed by atoms with Gasteiger partial charge in [0, 0.05) is 23.5 Å². The van der Waals surface area contributed by atoms with E-state index in [1.54, 1.807) is 23.1 Å². The summed E-state index contributed by atoms with van der Waals surface area (Å²) in [6.45, 7) is 4.04. The lowest BCUT2D eigenvalue weighted by molar-refractivity contribution is -0.138. The molecule has 0 saturated heterocycles. The summed E-state index contributed by atoms with van der Waals surface area (Å²) in [6.07, 6.45) is 0. The molecule has 0 radical (unpaired) electrons. The van der Waals surface area contributed by atoms with Crippen LogP contribution in [0.3, 0.4) is 0 Å². The number of aliphatic carboxylic acids is 1. The number of benzene rings is 2. The zero-order valence-electron chi connectivity index (χ0n) is 16.0. The molecule has 1 unspecified atom stereocenters. The second-order valence-corrected chi connectivity index (χ2v) is 7.74. The molecule has 0 fully saturated rings. The molecule has 0 saturated carbocycles. The van der Waals surface area contributed by atoms with Crippen LogP contribution < -0.4 is 10.2 Å². The lowest BCUT2D eigenvalue weighted by Gasteiger charge is -2.19. The van der Waals surface area contributed by atoms with E-state index >= 15 is 0 Å². The predicted octanol–water partition coefficient (Wildman–Crippen LogP) is 3.45. The quantitative estimate of drug-likeness (QED) is 0.671. The lowest BCUT2D eigenvalue weighted by Crippen LogP contribution is -2.35. The van der Waals surface area contributed by atoms with Gasteiger partial charge in [0.25, 0.3) is 0 Å². The van der Waals surface area contributed by atoms with Crippen LogP contribution in [0.4, 0.5) is 11.4 Å². The molecule has 1 aromatic heterocycles. The topological polar surface area (TPSA) is 95.4 Å². The van der Waals surface area contributed by atoms with E-state index in [4.69, 9.17) is 0 Å². The van der Waals surface area contributed by atoms with Crippen molar-refractivity contribution in [1.29, 1.82) is 0 Å². The minimum atomic E-state index is -0.920. The number of para-hydroxylation sites is 1. The number of anilines is 2. The van der Waals surface area contributed by atoms with Crippen molar-refractivity contribution in [2.45, 2.75) is 19.8 Å². The Hall–Kier alpha value is -3.26. The zero-order valence-corrected chi connectivity index (χ0v) is 16.9. The van der Waals surface area contributed by atoms with Gasteiger partial charge in [-0.05, 0) is 48.6 Å². The van der Waals surface area contributed by atoms with E-state index in [9.17, 15) is 14.7 Å². The van der Waals surface area contributed by atoms with Crippen molar-refractivity contribution in [2.24, 2.45) is 0 Å². The first-order valence-electron chi connectivity index (χ1n) is 9.21. The minimum absolute atomic E-state index is 0.0696. The monoisotopic (exact) mass is 408 g/mol. The molecule has 148 valence electrons. The Kier molecular flexibility index (Phi) is 5.02. The predicted molar refractivity (Wildman–Crippen MR) is 112 cm³/mol. The number of hydrogen-bond acceptors (Lipinski definition) is 6. The Bertz CT molecular complexity index is 1100. The summed E-state index contributed by atoms with van der Waals surface area (Å²) in [4.78, 5) is 30.4. The average Bonchev–Trinajstić information content (AvgIpc) is 3.31. The summed E-state index contributed by atoms with van der Waals surface area (Å²) in [7, 11) is 0. The van der Waals surface area contributed by atoms with Gasteiger partial charge in [-0.3, -0.25) is 9.59 Å². The van der Waals surface area contributed by atoms with Gasteiger partial charge >= 0.3 is 5.97 Å². The summed E-state index contributed by atoms with van der Waals surface area (Å²) >= 11 is 1.34. The van der Waals surface area contributed by atoms with Gasteiger partial charge in [-0.2, -0.15) is 4.37 Å². The first kappa shape index (κ1) is 19.1. The molecule has 1 atom stereocenters. The highest BCUT2D eigenvalue weighted by Gasteiger charge is 2.36. The molecular formula is C21H20N4O3S. The van der Waals surface area contributed by atoms with Gasteiger partial charge in [-0.15, -0.1) is 0 Å². The van der Waals surface area contributed by atoms with E-state index in [1.807, 2.05) is 38.1 Å². The third-order valence-electron chi connectivity index (χ3n) is 5.01. The number of carboxylic acids is 1. The fourth-order valence-electron chi connectivity index (χ4n) is 3.48. The van der Waals surface area contributed by atoms with Crippen LogP contribution in [-0.2, 0) is 9.59 Å². The molecule has 8 heteroatoms. The number of amides is 1. The molecule has 3 aromatic rings. The summed E-state index contributed by atoms with van der Waals surface area (Å²) in [5, 5.41) is 13.5. The van der Waals surface area contributed by atoms with Crippen LogP contribution in [0.25, 0.3) is 10.6 Å². The summed E-state index contributed by atoms with van der Waals surface area (Å²) in [5.74, 6) is -1.05. The third-order valence-corrected chi connectivity index (χ3v) is 5.86. The normalized spacial score (nSPS) is 15.2. The fraction of sp³-hybridized carbons (Fsp3) is 0.238. The number of hydrogen-bond donors (Lipinski definition) is 2. The Balaban J connectivity index is 1.51. The highest BCUT2D eigenvalue weighted by Crippen LogP contribution is 2.36. The van der Waals surface area contributed by atoms with Crippen LogP contribution in [0, 0.1) is 13.8 Å². The third kappa shape index (κ3) is 3.71. The van der Waals surface area contributed by atoms with E-state index in [-0.39, 0.29) is 19.0 Å². The largest absolute Gasteiger partial charge is 0.481 e. The smallest absolute Gasteiger partial charge is 0.312 e. The lowest BCUT2D eigenvalue weighted by atomic mass is 10.0. The molecular weight excluding hydrogens is 388 g/mol. The number of aryl methyl sites for hydroxylation is 2. The maximum atomic E-state index is 12.9. The molecule has 1 aliphatic rings. The van der Waals surface area contributed by atoms with E-state index in [0.29, 0.717) is 11.3 Å². The number of carboxylic acid groups (broad SMARTS) is 1. The first-order valence-corrected chi connectivity index (χ1v) is 9.98. The van der Waals surface area contributed by atoms with Crippen LogP contribution in [0.15, 0.2) is 42.5 Å². The van der Waals surface area contributed by atoms with Crippen molar-refractivity contribution in [3.63, 3.8) is 0 Å². The van der Waals surface area contributed by atoms with Gasteiger partial charge in [-0.1, -0.05) is 30.3 Å². The number of nitrogens with zero attached hydrogens (tertiary/aromatic N) is 3. The fourth-order valence-corrected chi connectivity index (χ4v) is 4.15. The number of aromatic nitrogens is 2. The number of carbonyl (C=O) groups excluding carboxylic acids is 1. The van der Waals surface area contributed by atoms with Crippen LogP contribution in [-0.4, -0.2) is 39.4 Å². The van der Waals surface area contributed by atoms with Crippen molar-refractivity contribution in [3.8, 4) is 10.6 Å². The van der Waals surface area contributed by atoms with Crippen molar-refractivity contribution >= 4 is 34.8 Å². The molecule has 29 heavy (non-hydrogen) atoms.